The van der Waals surface area contributed by atoms with Crippen molar-refractivity contribution in [3.63, 3.8) is 0 Å². The lowest BCUT2D eigenvalue weighted by atomic mass is 10.2. The van der Waals surface area contributed by atoms with Crippen LogP contribution in [0.5, 0.6) is 5.75 Å². The van der Waals surface area contributed by atoms with Gasteiger partial charge in [0.15, 0.2) is 0 Å². The normalized spacial score (nSPS) is 11.6. The van der Waals surface area contributed by atoms with Gasteiger partial charge in [-0.1, -0.05) is 53.0 Å². The second-order valence-electron chi connectivity index (χ2n) is 9.05. The highest BCUT2D eigenvalue weighted by molar-refractivity contribution is 7.92. The first-order valence-electron chi connectivity index (χ1n) is 12.2. The predicted molar refractivity (Wildman–Crippen MR) is 160 cm³/mol. The van der Waals surface area contributed by atoms with Crippen LogP contribution in [0.1, 0.15) is 22.5 Å². The van der Waals surface area contributed by atoms with E-state index in [1.165, 1.54) is 37.6 Å². The van der Waals surface area contributed by atoms with Gasteiger partial charge in [-0.05, 0) is 69.3 Å². The standard InChI is InChI=1S/C29H28Cl2N4O4S/c1-19-9-12-24(13-10-19)40(37,38)34(23-11-14-28(39-4)26(31)16-23)18-29(36)33-32-17-22-15-20(2)35(21(22)3)27-8-6-5-7-25(27)30/h5-17H,18H2,1-4H3,(H,33,36)/b32-17-. The number of ether oxygens (including phenoxy) is 1. The maximum atomic E-state index is 13.6. The molecule has 0 atom stereocenters. The molecule has 40 heavy (non-hydrogen) atoms. The van der Waals surface area contributed by atoms with E-state index < -0.39 is 22.5 Å². The molecule has 0 fully saturated rings. The maximum Gasteiger partial charge on any atom is 0.264 e. The molecule has 0 aliphatic carbocycles. The number of carbonyl (C=O) groups is 1. The van der Waals surface area contributed by atoms with Gasteiger partial charge in [0.1, 0.15) is 12.3 Å². The van der Waals surface area contributed by atoms with Crippen LogP contribution in [-0.4, -0.2) is 38.8 Å². The van der Waals surface area contributed by atoms with E-state index in [-0.39, 0.29) is 15.6 Å². The number of rotatable bonds is 9. The van der Waals surface area contributed by atoms with E-state index in [9.17, 15) is 13.2 Å². The zero-order chi connectivity index (χ0) is 29.0. The van der Waals surface area contributed by atoms with E-state index in [1.54, 1.807) is 18.2 Å². The lowest BCUT2D eigenvalue weighted by Crippen LogP contribution is -2.39. The van der Waals surface area contributed by atoms with Gasteiger partial charge >= 0.3 is 0 Å². The van der Waals surface area contributed by atoms with E-state index in [1.807, 2.05) is 55.7 Å². The minimum absolute atomic E-state index is 0.0355. The number of methoxy groups -OCH3 is 1. The average molecular weight is 600 g/mol. The molecule has 1 aromatic heterocycles. The Bertz CT molecular complexity index is 1680. The number of hydrogen-bond donors (Lipinski definition) is 1. The number of benzene rings is 3. The molecular weight excluding hydrogens is 571 g/mol. The summed E-state index contributed by atoms with van der Waals surface area (Å²) in [7, 11) is -2.66. The third kappa shape index (κ3) is 6.17. The highest BCUT2D eigenvalue weighted by Gasteiger charge is 2.28. The Morgan fingerprint density at radius 2 is 1.70 bits per heavy atom. The Balaban J connectivity index is 1.59. The van der Waals surface area contributed by atoms with Gasteiger partial charge in [0.25, 0.3) is 15.9 Å². The molecule has 8 nitrogen and oxygen atoms in total. The molecule has 11 heteroatoms. The van der Waals surface area contributed by atoms with Gasteiger partial charge < -0.3 is 9.30 Å². The molecule has 0 aliphatic rings. The molecule has 3 aromatic carbocycles. The van der Waals surface area contributed by atoms with Crippen molar-refractivity contribution in [3.8, 4) is 11.4 Å². The fourth-order valence-electron chi connectivity index (χ4n) is 4.22. The number of hydrogen-bond acceptors (Lipinski definition) is 5. The number of aryl methyl sites for hydroxylation is 2. The Morgan fingerprint density at radius 1 is 1.00 bits per heavy atom. The fraction of sp³-hybridized carbons (Fsp3) is 0.172. The van der Waals surface area contributed by atoms with E-state index in [0.717, 1.165) is 32.5 Å². The zero-order valence-corrected chi connectivity index (χ0v) is 24.7. The molecule has 0 unspecified atom stereocenters. The highest BCUT2D eigenvalue weighted by atomic mass is 35.5. The van der Waals surface area contributed by atoms with Gasteiger partial charge in [0.05, 0.1) is 39.6 Å². The lowest BCUT2D eigenvalue weighted by Gasteiger charge is -2.24. The number of carbonyl (C=O) groups excluding carboxylic acids is 1. The molecule has 4 aromatic rings. The molecule has 4 rings (SSSR count). The Kier molecular flexibility index (Phi) is 8.88. The van der Waals surface area contributed by atoms with Crippen molar-refractivity contribution in [3.05, 3.63) is 105 Å². The fourth-order valence-corrected chi connectivity index (χ4v) is 6.11. The van der Waals surface area contributed by atoms with Crippen LogP contribution in [0.2, 0.25) is 10.0 Å². The van der Waals surface area contributed by atoms with Crippen LogP contribution in [0.25, 0.3) is 5.69 Å². The SMILES string of the molecule is COc1ccc(N(CC(=O)N/N=C\c2cc(C)n(-c3ccccc3Cl)c2C)S(=O)(=O)c2ccc(C)cc2)cc1Cl. The van der Waals surface area contributed by atoms with Gasteiger partial charge in [-0.15, -0.1) is 0 Å². The van der Waals surface area contributed by atoms with E-state index in [4.69, 9.17) is 27.9 Å². The van der Waals surface area contributed by atoms with Gasteiger partial charge in [-0.2, -0.15) is 5.10 Å². The second kappa shape index (κ2) is 12.2. The number of aromatic nitrogens is 1. The van der Waals surface area contributed by atoms with Crippen molar-refractivity contribution >= 4 is 51.0 Å². The van der Waals surface area contributed by atoms with Crippen molar-refractivity contribution in [2.45, 2.75) is 25.7 Å². The van der Waals surface area contributed by atoms with E-state index in [0.29, 0.717) is 10.8 Å². The molecule has 0 saturated carbocycles. The Labute approximate surface area is 243 Å². The largest absolute Gasteiger partial charge is 0.495 e. The first kappa shape index (κ1) is 29.2. The van der Waals surface area contributed by atoms with E-state index >= 15 is 0 Å². The molecule has 1 heterocycles. The number of halogens is 2. The second-order valence-corrected chi connectivity index (χ2v) is 11.7. The summed E-state index contributed by atoms with van der Waals surface area (Å²) in [5.41, 5.74) is 6.95. The maximum absolute atomic E-state index is 13.6. The molecule has 0 spiro atoms. The summed E-state index contributed by atoms with van der Waals surface area (Å²) < 4.78 is 35.4. The Hall–Kier alpha value is -3.79. The van der Waals surface area contributed by atoms with Crippen LogP contribution in [0.3, 0.4) is 0 Å². The smallest absolute Gasteiger partial charge is 0.264 e. The average Bonchev–Trinajstić information content (AvgIpc) is 3.20. The zero-order valence-electron chi connectivity index (χ0n) is 22.4. The summed E-state index contributed by atoms with van der Waals surface area (Å²) in [5, 5.41) is 4.90. The minimum atomic E-state index is -4.12. The van der Waals surface area contributed by atoms with Crippen LogP contribution in [0.15, 0.2) is 82.8 Å². The van der Waals surface area contributed by atoms with Crippen molar-refractivity contribution in [2.24, 2.45) is 5.10 Å². The monoisotopic (exact) mass is 598 g/mol. The molecular formula is C29H28Cl2N4O4S. The third-order valence-electron chi connectivity index (χ3n) is 6.28. The molecule has 0 saturated heterocycles. The number of anilines is 1. The van der Waals surface area contributed by atoms with Crippen molar-refractivity contribution in [2.75, 3.05) is 18.0 Å². The van der Waals surface area contributed by atoms with Crippen LogP contribution < -0.4 is 14.5 Å². The van der Waals surface area contributed by atoms with Crippen LogP contribution in [0, 0.1) is 20.8 Å². The van der Waals surface area contributed by atoms with Gasteiger partial charge in [-0.3, -0.25) is 9.10 Å². The van der Waals surface area contributed by atoms with Crippen LogP contribution in [-0.2, 0) is 14.8 Å². The first-order valence-corrected chi connectivity index (χ1v) is 14.4. The number of hydrazone groups is 1. The predicted octanol–water partition coefficient (Wildman–Crippen LogP) is 6.06. The van der Waals surface area contributed by atoms with Crippen LogP contribution >= 0.6 is 23.2 Å². The molecule has 208 valence electrons. The summed E-state index contributed by atoms with van der Waals surface area (Å²) in [5.74, 6) is -0.264. The summed E-state index contributed by atoms with van der Waals surface area (Å²) >= 11 is 12.7. The molecule has 0 radical (unpaired) electrons. The molecule has 1 amide bonds. The van der Waals surface area contributed by atoms with Crippen LogP contribution in [0.4, 0.5) is 5.69 Å². The summed E-state index contributed by atoms with van der Waals surface area (Å²) in [6.07, 6.45) is 1.51. The van der Waals surface area contributed by atoms with Gasteiger partial charge in [-0.25, -0.2) is 13.8 Å². The highest BCUT2D eigenvalue weighted by Crippen LogP contribution is 2.32. The number of nitrogens with one attached hydrogen (secondary N) is 1. The molecule has 1 N–H and O–H groups in total. The Morgan fingerprint density at radius 3 is 2.35 bits per heavy atom. The summed E-state index contributed by atoms with van der Waals surface area (Å²) in [6, 6.07) is 20.3. The van der Waals surface area contributed by atoms with Gasteiger partial charge in [0, 0.05) is 17.0 Å². The van der Waals surface area contributed by atoms with E-state index in [2.05, 4.69) is 10.5 Å². The number of para-hydroxylation sites is 1. The van der Waals surface area contributed by atoms with Crippen molar-refractivity contribution in [1.29, 1.82) is 0 Å². The summed E-state index contributed by atoms with van der Waals surface area (Å²) in [6.45, 7) is 5.19. The summed E-state index contributed by atoms with van der Waals surface area (Å²) in [4.78, 5) is 13.0. The van der Waals surface area contributed by atoms with Gasteiger partial charge in [0.2, 0.25) is 0 Å². The molecule has 0 bridgehead atoms. The number of sulfonamides is 1. The number of amides is 1. The lowest BCUT2D eigenvalue weighted by molar-refractivity contribution is -0.119. The minimum Gasteiger partial charge on any atom is -0.495 e. The number of nitrogens with zero attached hydrogens (tertiary/aromatic N) is 3. The van der Waals surface area contributed by atoms with Crippen molar-refractivity contribution in [1.82, 2.24) is 9.99 Å². The third-order valence-corrected chi connectivity index (χ3v) is 8.68. The first-order chi connectivity index (χ1) is 19.0. The molecule has 0 aliphatic heterocycles. The topological polar surface area (TPSA) is 93.0 Å². The van der Waals surface area contributed by atoms with Crippen molar-refractivity contribution < 1.29 is 17.9 Å². The quantitative estimate of drug-likeness (QED) is 0.187.